The van der Waals surface area contributed by atoms with Crippen molar-refractivity contribution in [3.63, 3.8) is 0 Å². The van der Waals surface area contributed by atoms with Gasteiger partial charge < -0.3 is 29.0 Å². The Bertz CT molecular complexity index is 494. The molecule has 10 nitrogen and oxygen atoms in total. The molecule has 0 bridgehead atoms. The molecule has 0 unspecified atom stereocenters. The second kappa shape index (κ2) is 17.0. The van der Waals surface area contributed by atoms with Crippen LogP contribution in [0, 0.1) is 0 Å². The summed E-state index contributed by atoms with van der Waals surface area (Å²) < 4.78 is 26.5. The predicted molar refractivity (Wildman–Crippen MR) is 103 cm³/mol. The molecule has 0 spiro atoms. The fourth-order valence-electron chi connectivity index (χ4n) is 2.24. The van der Waals surface area contributed by atoms with E-state index in [0.717, 1.165) is 4.90 Å². The molecule has 0 aromatic carbocycles. The van der Waals surface area contributed by atoms with Crippen LogP contribution in [0.1, 0.15) is 13.3 Å². The van der Waals surface area contributed by atoms with Crippen LogP contribution >= 0.6 is 0 Å². The van der Waals surface area contributed by atoms with Crippen molar-refractivity contribution in [1.29, 1.82) is 0 Å². The average molecular weight is 416 g/mol. The fraction of sp³-hybridized carbons (Fsp3) is 0.737. The molecular weight excluding hydrogens is 384 g/mol. The molecule has 0 atom stereocenters. The molecule has 10 heteroatoms. The third-order valence-electron chi connectivity index (χ3n) is 3.72. The first-order valence-corrected chi connectivity index (χ1v) is 9.84. The molecule has 0 aromatic rings. The minimum absolute atomic E-state index is 0.0693. The summed E-state index contributed by atoms with van der Waals surface area (Å²) in [6, 6.07) is 0. The highest BCUT2D eigenvalue weighted by Gasteiger charge is 2.23. The minimum Gasteiger partial charge on any atom is -0.379 e. The quantitative estimate of drug-likeness (QED) is 0.222. The van der Waals surface area contributed by atoms with Crippen LogP contribution in [0.3, 0.4) is 0 Å². The molecular formula is C19H32N2O8. The number of nitrogens with one attached hydrogen (secondary N) is 1. The normalized spacial score (nSPS) is 13.5. The van der Waals surface area contributed by atoms with E-state index in [9.17, 15) is 14.4 Å². The van der Waals surface area contributed by atoms with Crippen LogP contribution in [0.4, 0.5) is 0 Å². The lowest BCUT2D eigenvalue weighted by Crippen LogP contribution is -2.35. The summed E-state index contributed by atoms with van der Waals surface area (Å²) in [6.07, 6.45) is 2.46. The Morgan fingerprint density at radius 1 is 0.793 bits per heavy atom. The Labute approximate surface area is 171 Å². The SMILES string of the molecule is CCOCCOCCOCCOCCOCCNC(=O)CCN1C(=O)C=CC1=O. The second-order valence-electron chi connectivity index (χ2n) is 5.91. The predicted octanol–water partition coefficient (Wildman–Crippen LogP) is -0.479. The smallest absolute Gasteiger partial charge is 0.253 e. The van der Waals surface area contributed by atoms with Gasteiger partial charge in [-0.1, -0.05) is 0 Å². The van der Waals surface area contributed by atoms with E-state index in [4.69, 9.17) is 23.7 Å². The van der Waals surface area contributed by atoms with Gasteiger partial charge in [0.2, 0.25) is 5.91 Å². The number of ether oxygens (including phenoxy) is 5. The summed E-state index contributed by atoms with van der Waals surface area (Å²) in [4.78, 5) is 35.4. The van der Waals surface area contributed by atoms with E-state index in [1.807, 2.05) is 6.92 Å². The summed E-state index contributed by atoms with van der Waals surface area (Å²) >= 11 is 0. The number of carbonyl (C=O) groups is 3. The van der Waals surface area contributed by atoms with E-state index in [1.54, 1.807) is 0 Å². The van der Waals surface area contributed by atoms with E-state index in [0.29, 0.717) is 72.6 Å². The van der Waals surface area contributed by atoms with Gasteiger partial charge in [-0.05, 0) is 6.92 Å². The largest absolute Gasteiger partial charge is 0.379 e. The summed E-state index contributed by atoms with van der Waals surface area (Å²) in [5.74, 6) is -1.01. The van der Waals surface area contributed by atoms with Crippen LogP contribution in [0.5, 0.6) is 0 Å². The zero-order valence-electron chi connectivity index (χ0n) is 17.1. The number of amides is 3. The van der Waals surface area contributed by atoms with Gasteiger partial charge in [0, 0.05) is 38.3 Å². The maximum absolute atomic E-state index is 11.7. The summed E-state index contributed by atoms with van der Waals surface area (Å²) in [5.41, 5.74) is 0. The lowest BCUT2D eigenvalue weighted by molar-refractivity contribution is -0.137. The Kier molecular flexibility index (Phi) is 14.8. The van der Waals surface area contributed by atoms with Crippen molar-refractivity contribution in [3.8, 4) is 0 Å². The summed E-state index contributed by atoms with van der Waals surface area (Å²) in [5, 5.41) is 2.67. The fourth-order valence-corrected chi connectivity index (χ4v) is 2.24. The molecule has 0 fully saturated rings. The van der Waals surface area contributed by atoms with Crippen LogP contribution in [0.25, 0.3) is 0 Å². The molecule has 0 saturated heterocycles. The van der Waals surface area contributed by atoms with Gasteiger partial charge >= 0.3 is 0 Å². The lowest BCUT2D eigenvalue weighted by Gasteiger charge is -2.13. The van der Waals surface area contributed by atoms with E-state index >= 15 is 0 Å². The van der Waals surface area contributed by atoms with Gasteiger partial charge in [0.25, 0.3) is 11.8 Å². The number of nitrogens with zero attached hydrogens (tertiary/aromatic N) is 1. The zero-order valence-corrected chi connectivity index (χ0v) is 17.1. The monoisotopic (exact) mass is 416 g/mol. The van der Waals surface area contributed by atoms with E-state index in [2.05, 4.69) is 5.32 Å². The molecule has 1 heterocycles. The van der Waals surface area contributed by atoms with Crippen LogP contribution in [0.15, 0.2) is 12.2 Å². The van der Waals surface area contributed by atoms with Gasteiger partial charge in [0.05, 0.1) is 59.5 Å². The molecule has 1 N–H and O–H groups in total. The van der Waals surface area contributed by atoms with Crippen LogP contribution in [0.2, 0.25) is 0 Å². The maximum atomic E-state index is 11.7. The highest BCUT2D eigenvalue weighted by Crippen LogP contribution is 2.03. The van der Waals surface area contributed by atoms with Crippen molar-refractivity contribution in [3.05, 3.63) is 12.2 Å². The van der Waals surface area contributed by atoms with E-state index in [1.165, 1.54) is 12.2 Å². The minimum atomic E-state index is -0.387. The molecule has 1 rings (SSSR count). The second-order valence-corrected chi connectivity index (χ2v) is 5.91. The van der Waals surface area contributed by atoms with Gasteiger partial charge in [0.15, 0.2) is 0 Å². The molecule has 0 aromatic heterocycles. The van der Waals surface area contributed by atoms with Crippen molar-refractivity contribution in [2.75, 3.05) is 79.2 Å². The van der Waals surface area contributed by atoms with Gasteiger partial charge in [0.1, 0.15) is 0 Å². The molecule has 1 aliphatic rings. The molecule has 3 amide bonds. The maximum Gasteiger partial charge on any atom is 0.253 e. The van der Waals surface area contributed by atoms with E-state index in [-0.39, 0.29) is 30.7 Å². The van der Waals surface area contributed by atoms with Crippen molar-refractivity contribution >= 4 is 17.7 Å². The first kappa shape index (κ1) is 25.2. The van der Waals surface area contributed by atoms with Gasteiger partial charge in [-0.25, -0.2) is 0 Å². The Morgan fingerprint density at radius 3 is 1.72 bits per heavy atom. The number of imide groups is 1. The molecule has 166 valence electrons. The standard InChI is InChI=1S/C19H32N2O8/c1-2-25-9-10-27-13-14-29-16-15-28-12-11-26-8-6-20-17(22)5-7-21-18(23)3-4-19(21)24/h3-4H,2,5-16H2,1H3,(H,20,22). The van der Waals surface area contributed by atoms with Crippen molar-refractivity contribution in [2.24, 2.45) is 0 Å². The van der Waals surface area contributed by atoms with Crippen molar-refractivity contribution < 1.29 is 38.1 Å². The van der Waals surface area contributed by atoms with Crippen LogP contribution in [-0.2, 0) is 38.1 Å². The molecule has 1 aliphatic heterocycles. The Morgan fingerprint density at radius 2 is 1.24 bits per heavy atom. The summed E-state index contributed by atoms with van der Waals surface area (Å²) in [6.45, 7) is 7.45. The van der Waals surface area contributed by atoms with Gasteiger partial charge in [-0.2, -0.15) is 0 Å². The highest BCUT2D eigenvalue weighted by molar-refractivity contribution is 6.13. The first-order valence-electron chi connectivity index (χ1n) is 9.84. The average Bonchev–Trinajstić information content (AvgIpc) is 3.03. The molecule has 0 aliphatic carbocycles. The Hall–Kier alpha value is -1.85. The van der Waals surface area contributed by atoms with Gasteiger partial charge in [-0.15, -0.1) is 0 Å². The lowest BCUT2D eigenvalue weighted by atomic mass is 10.3. The molecule has 29 heavy (non-hydrogen) atoms. The first-order chi connectivity index (χ1) is 14.1. The van der Waals surface area contributed by atoms with E-state index < -0.39 is 0 Å². The Balaban J connectivity index is 1.78. The number of rotatable bonds is 19. The van der Waals surface area contributed by atoms with Crippen LogP contribution < -0.4 is 5.32 Å². The molecule has 0 saturated carbocycles. The zero-order chi connectivity index (χ0) is 21.2. The third-order valence-corrected chi connectivity index (χ3v) is 3.72. The highest BCUT2D eigenvalue weighted by atomic mass is 16.6. The third kappa shape index (κ3) is 13.1. The van der Waals surface area contributed by atoms with Gasteiger partial charge in [-0.3, -0.25) is 19.3 Å². The number of hydrogen-bond acceptors (Lipinski definition) is 8. The molecule has 0 radical (unpaired) electrons. The topological polar surface area (TPSA) is 113 Å². The number of hydrogen-bond donors (Lipinski definition) is 1. The van der Waals surface area contributed by atoms with Crippen LogP contribution in [-0.4, -0.2) is 102 Å². The van der Waals surface area contributed by atoms with Crippen molar-refractivity contribution in [1.82, 2.24) is 10.2 Å². The van der Waals surface area contributed by atoms with Crippen molar-refractivity contribution in [2.45, 2.75) is 13.3 Å². The number of carbonyl (C=O) groups excluding carboxylic acids is 3. The summed E-state index contributed by atoms with van der Waals surface area (Å²) in [7, 11) is 0.